The maximum atomic E-state index is 12.4. The molecule has 28 heavy (non-hydrogen) atoms. The third kappa shape index (κ3) is 4.79. The number of amides is 1. The first-order valence-corrected chi connectivity index (χ1v) is 9.30. The summed E-state index contributed by atoms with van der Waals surface area (Å²) in [6.07, 6.45) is 6.17. The normalized spacial score (nSPS) is 10.9. The summed E-state index contributed by atoms with van der Waals surface area (Å²) in [5, 5.41) is 15.1. The molecular weight excluding hydrogens is 400 g/mol. The van der Waals surface area contributed by atoms with Crippen LogP contribution in [0.3, 0.4) is 0 Å². The maximum absolute atomic E-state index is 12.4. The lowest BCUT2D eigenvalue weighted by Crippen LogP contribution is -2.09. The number of nitrogens with zero attached hydrogens (tertiary/aromatic N) is 3. The van der Waals surface area contributed by atoms with E-state index in [0.29, 0.717) is 16.3 Å². The second kappa shape index (κ2) is 8.73. The monoisotopic (exact) mass is 414 g/mol. The molecule has 7 nitrogen and oxygen atoms in total. The van der Waals surface area contributed by atoms with Gasteiger partial charge in [-0.05, 0) is 42.1 Å². The molecule has 0 spiro atoms. The Balaban J connectivity index is 1.80. The minimum absolute atomic E-state index is 0.0691. The van der Waals surface area contributed by atoms with Gasteiger partial charge in [-0.3, -0.25) is 14.9 Å². The summed E-state index contributed by atoms with van der Waals surface area (Å²) >= 11 is 7.45. The molecule has 0 aliphatic carbocycles. The van der Waals surface area contributed by atoms with Gasteiger partial charge in [0.1, 0.15) is 0 Å². The highest BCUT2D eigenvalue weighted by Crippen LogP contribution is 2.34. The number of aryl methyl sites for hydroxylation is 1. The lowest BCUT2D eigenvalue weighted by molar-refractivity contribution is -0.385. The van der Waals surface area contributed by atoms with Crippen molar-refractivity contribution in [2.24, 2.45) is 7.05 Å². The zero-order valence-electron chi connectivity index (χ0n) is 14.7. The minimum Gasteiger partial charge on any atom is -0.329 e. The molecule has 2 aromatic carbocycles. The van der Waals surface area contributed by atoms with Gasteiger partial charge < -0.3 is 9.88 Å². The Morgan fingerprint density at radius 3 is 2.82 bits per heavy atom. The highest BCUT2D eigenvalue weighted by Gasteiger charge is 2.12. The topological polar surface area (TPSA) is 90.1 Å². The van der Waals surface area contributed by atoms with E-state index in [0.717, 1.165) is 10.1 Å². The molecule has 0 aliphatic rings. The van der Waals surface area contributed by atoms with Crippen LogP contribution >= 0.6 is 23.4 Å². The van der Waals surface area contributed by atoms with Gasteiger partial charge in [-0.25, -0.2) is 4.98 Å². The van der Waals surface area contributed by atoms with Crippen LogP contribution in [0, 0.1) is 10.1 Å². The fourth-order valence-electron chi connectivity index (χ4n) is 2.37. The summed E-state index contributed by atoms with van der Waals surface area (Å²) in [5.74, 6) is -0.429. The number of carbonyl (C=O) groups excluding carboxylic acids is 1. The number of rotatable bonds is 6. The Kier molecular flexibility index (Phi) is 6.13. The summed E-state index contributed by atoms with van der Waals surface area (Å²) in [5.41, 5.74) is 0.800. The van der Waals surface area contributed by atoms with Gasteiger partial charge in [0.15, 0.2) is 5.16 Å². The molecule has 142 valence electrons. The summed E-state index contributed by atoms with van der Waals surface area (Å²) in [6, 6.07) is 11.4. The summed E-state index contributed by atoms with van der Waals surface area (Å²) in [6.45, 7) is 0. The van der Waals surface area contributed by atoms with Crippen LogP contribution in [0.5, 0.6) is 0 Å². The molecular formula is C19H15ClN4O3S. The van der Waals surface area contributed by atoms with Crippen molar-refractivity contribution < 1.29 is 9.72 Å². The van der Waals surface area contributed by atoms with Gasteiger partial charge in [0.25, 0.3) is 5.69 Å². The predicted octanol–water partition coefficient (Wildman–Crippen LogP) is 4.78. The van der Waals surface area contributed by atoms with Gasteiger partial charge in [-0.2, -0.15) is 0 Å². The molecule has 3 aromatic rings. The highest BCUT2D eigenvalue weighted by atomic mass is 35.5. The van der Waals surface area contributed by atoms with Crippen molar-refractivity contribution in [1.29, 1.82) is 0 Å². The van der Waals surface area contributed by atoms with E-state index in [1.165, 1.54) is 30.0 Å². The number of benzene rings is 2. The summed E-state index contributed by atoms with van der Waals surface area (Å²) in [7, 11) is 1.87. The number of hydrogen-bond acceptors (Lipinski definition) is 5. The maximum Gasteiger partial charge on any atom is 0.276 e. The SMILES string of the molecule is Cn1ccnc1Sc1ccc(Cl)cc1NC(=O)/C=C/c1ccccc1[N+](=O)[O-]. The second-order valence-corrected chi connectivity index (χ2v) is 7.15. The number of para-hydroxylation sites is 1. The van der Waals surface area contributed by atoms with Crippen molar-refractivity contribution in [2.75, 3.05) is 5.32 Å². The molecule has 0 atom stereocenters. The molecule has 0 saturated carbocycles. The molecule has 0 unspecified atom stereocenters. The van der Waals surface area contributed by atoms with Crippen molar-refractivity contribution >= 4 is 46.7 Å². The standard InChI is InChI=1S/C19H15ClN4O3S/c1-23-11-10-21-19(23)28-17-8-7-14(20)12-15(17)22-18(25)9-6-13-4-2-3-5-16(13)24(26)27/h2-12H,1H3,(H,22,25)/b9-6+. The number of halogens is 1. The van der Waals surface area contributed by atoms with Gasteiger partial charge in [0.05, 0.1) is 16.2 Å². The largest absolute Gasteiger partial charge is 0.329 e. The van der Waals surface area contributed by atoms with Crippen molar-refractivity contribution in [3.05, 3.63) is 81.6 Å². The third-order valence-corrected chi connectivity index (χ3v) is 5.11. The van der Waals surface area contributed by atoms with Gasteiger partial charge in [0.2, 0.25) is 5.91 Å². The fraction of sp³-hybridized carbons (Fsp3) is 0.0526. The highest BCUT2D eigenvalue weighted by molar-refractivity contribution is 7.99. The fourth-order valence-corrected chi connectivity index (χ4v) is 3.42. The zero-order chi connectivity index (χ0) is 20.1. The van der Waals surface area contributed by atoms with E-state index in [-0.39, 0.29) is 5.69 Å². The van der Waals surface area contributed by atoms with E-state index in [9.17, 15) is 14.9 Å². The minimum atomic E-state index is -0.490. The molecule has 1 aromatic heterocycles. The molecule has 0 saturated heterocycles. The molecule has 9 heteroatoms. The zero-order valence-corrected chi connectivity index (χ0v) is 16.3. The van der Waals surface area contributed by atoms with E-state index in [2.05, 4.69) is 10.3 Å². The average molecular weight is 415 g/mol. The number of imidazole rings is 1. The number of nitro groups is 1. The average Bonchev–Trinajstić information content (AvgIpc) is 3.07. The van der Waals surface area contributed by atoms with Crippen LogP contribution in [0.15, 0.2) is 71.0 Å². The van der Waals surface area contributed by atoms with E-state index >= 15 is 0 Å². The predicted molar refractivity (Wildman–Crippen MR) is 110 cm³/mol. The lowest BCUT2D eigenvalue weighted by atomic mass is 10.1. The van der Waals surface area contributed by atoms with Crippen LogP contribution in [0.25, 0.3) is 6.08 Å². The van der Waals surface area contributed by atoms with Crippen molar-refractivity contribution in [1.82, 2.24) is 9.55 Å². The first-order valence-electron chi connectivity index (χ1n) is 8.11. The molecule has 1 amide bonds. The van der Waals surface area contributed by atoms with Gasteiger partial charge >= 0.3 is 0 Å². The Labute approximate surface area is 170 Å². The number of aromatic nitrogens is 2. The van der Waals surface area contributed by atoms with Crippen LogP contribution in [-0.2, 0) is 11.8 Å². The van der Waals surface area contributed by atoms with E-state index in [1.54, 1.807) is 42.6 Å². The second-order valence-electron chi connectivity index (χ2n) is 5.70. The van der Waals surface area contributed by atoms with Crippen LogP contribution in [0.2, 0.25) is 5.02 Å². The molecule has 0 radical (unpaired) electrons. The van der Waals surface area contributed by atoms with Crippen LogP contribution in [0.1, 0.15) is 5.56 Å². The van der Waals surface area contributed by atoms with Crippen LogP contribution in [0.4, 0.5) is 11.4 Å². The first-order chi connectivity index (χ1) is 13.4. The molecule has 1 heterocycles. The molecule has 0 aliphatic heterocycles. The number of nitrogens with one attached hydrogen (secondary N) is 1. The smallest absolute Gasteiger partial charge is 0.276 e. The quantitative estimate of drug-likeness (QED) is 0.356. The van der Waals surface area contributed by atoms with Crippen molar-refractivity contribution in [3.63, 3.8) is 0 Å². The molecule has 1 N–H and O–H groups in total. The van der Waals surface area contributed by atoms with Crippen molar-refractivity contribution in [2.45, 2.75) is 10.1 Å². The summed E-state index contributed by atoms with van der Waals surface area (Å²) in [4.78, 5) is 28.0. The Morgan fingerprint density at radius 2 is 2.11 bits per heavy atom. The van der Waals surface area contributed by atoms with Gasteiger partial charge in [-0.1, -0.05) is 23.7 Å². The number of hydrogen-bond donors (Lipinski definition) is 1. The van der Waals surface area contributed by atoms with E-state index < -0.39 is 10.8 Å². The number of carbonyl (C=O) groups is 1. The number of nitro benzene ring substituents is 1. The van der Waals surface area contributed by atoms with E-state index in [4.69, 9.17) is 11.6 Å². The number of anilines is 1. The molecule has 3 rings (SSSR count). The van der Waals surface area contributed by atoms with E-state index in [1.807, 2.05) is 17.8 Å². The first kappa shape index (κ1) is 19.7. The molecule has 0 fully saturated rings. The van der Waals surface area contributed by atoms with Crippen LogP contribution in [-0.4, -0.2) is 20.4 Å². The Hall–Kier alpha value is -3.10. The Morgan fingerprint density at radius 1 is 1.32 bits per heavy atom. The van der Waals surface area contributed by atoms with Gasteiger partial charge in [0, 0.05) is 41.5 Å². The Bertz CT molecular complexity index is 1060. The van der Waals surface area contributed by atoms with Crippen LogP contribution < -0.4 is 5.32 Å². The molecule has 0 bridgehead atoms. The lowest BCUT2D eigenvalue weighted by Gasteiger charge is -2.10. The summed E-state index contributed by atoms with van der Waals surface area (Å²) < 4.78 is 1.86. The van der Waals surface area contributed by atoms with Gasteiger partial charge in [-0.15, -0.1) is 0 Å². The van der Waals surface area contributed by atoms with Crippen molar-refractivity contribution in [3.8, 4) is 0 Å². The third-order valence-electron chi connectivity index (χ3n) is 3.73.